The Morgan fingerprint density at radius 1 is 1.00 bits per heavy atom. The second kappa shape index (κ2) is 9.98. The number of hydrogen-bond donors (Lipinski definition) is 0. The number of rotatable bonds is 7. The predicted molar refractivity (Wildman–Crippen MR) is 100 cm³/mol. The lowest BCUT2D eigenvalue weighted by atomic mass is 9.98. The fourth-order valence-corrected chi connectivity index (χ4v) is 3.03. The largest absolute Gasteiger partial charge is 0.460 e. The molecule has 12 nitrogen and oxygen atoms in total. The highest BCUT2D eigenvalue weighted by Crippen LogP contribution is 2.32. The average Bonchev–Trinajstić information content (AvgIpc) is 2.66. The van der Waals surface area contributed by atoms with Crippen LogP contribution in [0.3, 0.4) is 0 Å². The van der Waals surface area contributed by atoms with Crippen LogP contribution in [-0.4, -0.2) is 59.8 Å². The molecule has 1 aliphatic rings. The Labute approximate surface area is 176 Å². The van der Waals surface area contributed by atoms with Crippen molar-refractivity contribution in [3.8, 4) is 5.75 Å². The summed E-state index contributed by atoms with van der Waals surface area (Å²) in [5.41, 5.74) is -0.391. The molecule has 0 radical (unpaired) electrons. The van der Waals surface area contributed by atoms with Crippen LogP contribution in [0.5, 0.6) is 5.75 Å². The van der Waals surface area contributed by atoms with Gasteiger partial charge in [-0.25, -0.2) is 0 Å². The molecule has 1 aromatic carbocycles. The standard InChI is InChI=1S/C19H21NO11/c1-9-16(28-10(2)22)17(29-11(3)23)18(30-12(4)24)19(27-9)31-15-7-14(20(25)26)6-5-13(15)8-21/h5-9,16-19H,1-4H3/t9-,16-,17+,18-,19+/m1/s1. The fourth-order valence-electron chi connectivity index (χ4n) is 3.03. The molecular weight excluding hydrogens is 418 g/mol. The number of aldehydes is 1. The van der Waals surface area contributed by atoms with Gasteiger partial charge in [-0.15, -0.1) is 0 Å². The van der Waals surface area contributed by atoms with E-state index in [2.05, 4.69) is 0 Å². The molecule has 1 saturated heterocycles. The predicted octanol–water partition coefficient (Wildman–Crippen LogP) is 1.33. The zero-order chi connectivity index (χ0) is 23.3. The normalized spacial score (nSPS) is 25.1. The number of benzene rings is 1. The SMILES string of the molecule is CC(=O)O[C@@H]1[C@@H](OC(C)=O)[C@H](Oc2cc([N+](=O)[O-])ccc2C=O)O[C@H](C)[C@H]1OC(C)=O. The van der Waals surface area contributed by atoms with Gasteiger partial charge in [-0.05, 0) is 13.0 Å². The molecule has 1 heterocycles. The highest BCUT2D eigenvalue weighted by Gasteiger charge is 2.51. The summed E-state index contributed by atoms with van der Waals surface area (Å²) < 4.78 is 27.0. The van der Waals surface area contributed by atoms with Gasteiger partial charge in [0, 0.05) is 26.8 Å². The Morgan fingerprint density at radius 3 is 2.06 bits per heavy atom. The van der Waals surface area contributed by atoms with Crippen LogP contribution in [0, 0.1) is 10.1 Å². The Morgan fingerprint density at radius 2 is 1.55 bits per heavy atom. The second-order valence-electron chi connectivity index (χ2n) is 6.65. The molecule has 1 aliphatic heterocycles. The quantitative estimate of drug-likeness (QED) is 0.198. The lowest BCUT2D eigenvalue weighted by Gasteiger charge is -2.43. The second-order valence-corrected chi connectivity index (χ2v) is 6.65. The molecule has 0 N–H and O–H groups in total. The van der Waals surface area contributed by atoms with Crippen molar-refractivity contribution in [2.24, 2.45) is 0 Å². The van der Waals surface area contributed by atoms with Crippen molar-refractivity contribution in [1.29, 1.82) is 0 Å². The first-order valence-corrected chi connectivity index (χ1v) is 9.10. The van der Waals surface area contributed by atoms with E-state index < -0.39 is 53.5 Å². The van der Waals surface area contributed by atoms with E-state index in [0.717, 1.165) is 32.9 Å². The smallest absolute Gasteiger partial charge is 0.303 e. The van der Waals surface area contributed by atoms with E-state index in [4.69, 9.17) is 23.7 Å². The highest BCUT2D eigenvalue weighted by atomic mass is 16.7. The van der Waals surface area contributed by atoms with Crippen LogP contribution in [0.2, 0.25) is 0 Å². The number of carbonyl (C=O) groups excluding carboxylic acids is 4. The van der Waals surface area contributed by atoms with E-state index in [1.165, 1.54) is 13.0 Å². The third kappa shape index (κ3) is 5.98. The van der Waals surface area contributed by atoms with Crippen molar-refractivity contribution in [2.75, 3.05) is 0 Å². The number of hydrogen-bond acceptors (Lipinski definition) is 11. The van der Waals surface area contributed by atoms with E-state index >= 15 is 0 Å². The van der Waals surface area contributed by atoms with Crippen LogP contribution in [0.4, 0.5) is 5.69 Å². The topological polar surface area (TPSA) is 158 Å². The Hall–Kier alpha value is -3.54. The molecule has 0 aromatic heterocycles. The van der Waals surface area contributed by atoms with Gasteiger partial charge in [-0.2, -0.15) is 0 Å². The molecule has 1 fully saturated rings. The van der Waals surface area contributed by atoms with E-state index in [1.54, 1.807) is 0 Å². The Kier molecular flexibility index (Phi) is 7.64. The van der Waals surface area contributed by atoms with Crippen LogP contribution >= 0.6 is 0 Å². The summed E-state index contributed by atoms with van der Waals surface area (Å²) in [5.74, 6) is -2.45. The molecule has 1 aromatic rings. The molecule has 0 aliphatic carbocycles. The monoisotopic (exact) mass is 439 g/mol. The molecule has 5 atom stereocenters. The first-order chi connectivity index (χ1) is 14.5. The summed E-state index contributed by atoms with van der Waals surface area (Å²) in [7, 11) is 0. The summed E-state index contributed by atoms with van der Waals surface area (Å²) >= 11 is 0. The third-order valence-corrected chi connectivity index (χ3v) is 4.21. The van der Waals surface area contributed by atoms with Gasteiger partial charge in [0.15, 0.2) is 18.5 Å². The molecular formula is C19H21NO11. The molecule has 0 spiro atoms. The summed E-state index contributed by atoms with van der Waals surface area (Å²) in [5, 5.41) is 11.1. The molecule has 0 bridgehead atoms. The van der Waals surface area contributed by atoms with Crippen molar-refractivity contribution in [2.45, 2.75) is 58.4 Å². The van der Waals surface area contributed by atoms with Crippen LogP contribution < -0.4 is 4.74 Å². The van der Waals surface area contributed by atoms with Gasteiger partial charge in [0.1, 0.15) is 5.75 Å². The third-order valence-electron chi connectivity index (χ3n) is 4.21. The molecule has 0 amide bonds. The minimum atomic E-state index is -1.45. The van der Waals surface area contributed by atoms with Gasteiger partial charge in [-0.3, -0.25) is 29.3 Å². The number of esters is 3. The fraction of sp³-hybridized carbons (Fsp3) is 0.474. The van der Waals surface area contributed by atoms with Crippen molar-refractivity contribution in [3.05, 3.63) is 33.9 Å². The van der Waals surface area contributed by atoms with Gasteiger partial charge >= 0.3 is 17.9 Å². The van der Waals surface area contributed by atoms with E-state index in [1.807, 2.05) is 0 Å². The van der Waals surface area contributed by atoms with Crippen molar-refractivity contribution in [1.82, 2.24) is 0 Å². The van der Waals surface area contributed by atoms with Crippen LogP contribution in [0.1, 0.15) is 38.1 Å². The minimum absolute atomic E-state index is 0.0328. The highest BCUT2D eigenvalue weighted by molar-refractivity contribution is 5.80. The Balaban J connectivity index is 2.47. The lowest BCUT2D eigenvalue weighted by Crippen LogP contribution is -2.62. The molecule has 31 heavy (non-hydrogen) atoms. The van der Waals surface area contributed by atoms with Crippen molar-refractivity contribution in [3.63, 3.8) is 0 Å². The number of nitrogens with zero attached hydrogens (tertiary/aromatic N) is 1. The zero-order valence-electron chi connectivity index (χ0n) is 17.1. The molecule has 2 rings (SSSR count). The number of nitro benzene ring substituents is 1. The molecule has 168 valence electrons. The zero-order valence-corrected chi connectivity index (χ0v) is 17.1. The van der Waals surface area contributed by atoms with Gasteiger partial charge < -0.3 is 23.7 Å². The first-order valence-electron chi connectivity index (χ1n) is 9.10. The summed E-state index contributed by atoms with van der Waals surface area (Å²) in [6.45, 7) is 4.83. The number of nitro groups is 1. The maximum atomic E-state index is 11.7. The summed E-state index contributed by atoms with van der Waals surface area (Å²) in [4.78, 5) is 56.6. The van der Waals surface area contributed by atoms with Crippen molar-refractivity contribution < 1.29 is 47.8 Å². The van der Waals surface area contributed by atoms with Gasteiger partial charge in [0.2, 0.25) is 12.4 Å². The van der Waals surface area contributed by atoms with E-state index in [9.17, 15) is 29.3 Å². The molecule has 0 saturated carbocycles. The first kappa shape index (κ1) is 23.7. The van der Waals surface area contributed by atoms with Crippen LogP contribution in [0.15, 0.2) is 18.2 Å². The Bertz CT molecular complexity index is 884. The minimum Gasteiger partial charge on any atom is -0.460 e. The van der Waals surface area contributed by atoms with Gasteiger partial charge in [0.05, 0.1) is 22.7 Å². The number of non-ortho nitro benzene ring substituents is 1. The molecule has 12 heteroatoms. The van der Waals surface area contributed by atoms with Gasteiger partial charge in [0.25, 0.3) is 5.69 Å². The number of ether oxygens (including phenoxy) is 5. The van der Waals surface area contributed by atoms with Crippen LogP contribution in [-0.2, 0) is 33.3 Å². The summed E-state index contributed by atoms with van der Waals surface area (Å²) in [6, 6.07) is 3.29. The maximum Gasteiger partial charge on any atom is 0.303 e. The van der Waals surface area contributed by atoms with E-state index in [0.29, 0.717) is 6.29 Å². The van der Waals surface area contributed by atoms with Crippen molar-refractivity contribution >= 4 is 29.9 Å². The maximum absolute atomic E-state index is 11.7. The lowest BCUT2D eigenvalue weighted by molar-refractivity contribution is -0.385. The molecule has 0 unspecified atom stereocenters. The van der Waals surface area contributed by atoms with E-state index in [-0.39, 0.29) is 17.0 Å². The van der Waals surface area contributed by atoms with Crippen LogP contribution in [0.25, 0.3) is 0 Å². The number of carbonyl (C=O) groups is 4. The van der Waals surface area contributed by atoms with Gasteiger partial charge in [-0.1, -0.05) is 0 Å². The summed E-state index contributed by atoms with van der Waals surface area (Å²) in [6.07, 6.45) is -5.80. The average molecular weight is 439 g/mol.